The summed E-state index contributed by atoms with van der Waals surface area (Å²) in [5, 5.41) is 3.45. The topological polar surface area (TPSA) is 38.1 Å². The standard InChI is InChI=1S/C14H17BrN2O/c15-11-4-5-13-12(8-11)17-14(18-13)6-3-10-2-1-7-16-9-10/h4-5,8,10,16H,1-3,6-7,9H2. The van der Waals surface area contributed by atoms with Crippen molar-refractivity contribution >= 4 is 27.0 Å². The third kappa shape index (κ3) is 2.75. The number of hydrogen-bond acceptors (Lipinski definition) is 3. The van der Waals surface area contributed by atoms with Crippen LogP contribution in [0.2, 0.25) is 0 Å². The number of nitrogens with zero attached hydrogens (tertiary/aromatic N) is 1. The molecule has 1 aliphatic heterocycles. The molecule has 1 aromatic carbocycles. The number of piperidine rings is 1. The Balaban J connectivity index is 1.67. The van der Waals surface area contributed by atoms with Crippen LogP contribution < -0.4 is 5.32 Å². The predicted octanol–water partition coefficient (Wildman–Crippen LogP) is 3.52. The summed E-state index contributed by atoms with van der Waals surface area (Å²) < 4.78 is 6.81. The lowest BCUT2D eigenvalue weighted by Gasteiger charge is -2.21. The van der Waals surface area contributed by atoms with Crippen molar-refractivity contribution < 1.29 is 4.42 Å². The number of aromatic nitrogens is 1. The van der Waals surface area contributed by atoms with Crippen LogP contribution in [-0.4, -0.2) is 18.1 Å². The highest BCUT2D eigenvalue weighted by molar-refractivity contribution is 9.10. The van der Waals surface area contributed by atoms with Gasteiger partial charge in [0.15, 0.2) is 11.5 Å². The van der Waals surface area contributed by atoms with E-state index in [1.165, 1.54) is 25.8 Å². The molecule has 2 aromatic rings. The van der Waals surface area contributed by atoms with Gasteiger partial charge in [-0.25, -0.2) is 4.98 Å². The third-order valence-electron chi connectivity index (χ3n) is 3.56. The molecule has 1 aromatic heterocycles. The minimum Gasteiger partial charge on any atom is -0.441 e. The minimum absolute atomic E-state index is 0.778. The smallest absolute Gasteiger partial charge is 0.195 e. The molecule has 3 rings (SSSR count). The first-order chi connectivity index (χ1) is 8.81. The van der Waals surface area contributed by atoms with Gasteiger partial charge in [0.1, 0.15) is 5.52 Å². The van der Waals surface area contributed by atoms with E-state index in [0.29, 0.717) is 0 Å². The highest BCUT2D eigenvalue weighted by Gasteiger charge is 2.14. The number of aryl methyl sites for hydroxylation is 1. The van der Waals surface area contributed by atoms with E-state index in [1.54, 1.807) is 0 Å². The van der Waals surface area contributed by atoms with Crippen LogP contribution in [0.25, 0.3) is 11.1 Å². The highest BCUT2D eigenvalue weighted by Crippen LogP contribution is 2.22. The van der Waals surface area contributed by atoms with Crippen molar-refractivity contribution in [3.05, 3.63) is 28.6 Å². The monoisotopic (exact) mass is 308 g/mol. The number of rotatable bonds is 3. The number of fused-ring (bicyclic) bond motifs is 1. The van der Waals surface area contributed by atoms with E-state index in [-0.39, 0.29) is 0 Å². The Hall–Kier alpha value is -0.870. The first kappa shape index (κ1) is 12.2. The van der Waals surface area contributed by atoms with Crippen LogP contribution in [0, 0.1) is 5.92 Å². The second kappa shape index (κ2) is 5.41. The van der Waals surface area contributed by atoms with E-state index in [2.05, 4.69) is 26.2 Å². The summed E-state index contributed by atoms with van der Waals surface area (Å²) in [6.45, 7) is 2.32. The zero-order valence-electron chi connectivity index (χ0n) is 10.3. The summed E-state index contributed by atoms with van der Waals surface area (Å²) in [5.41, 5.74) is 1.83. The molecule has 1 aliphatic rings. The summed E-state index contributed by atoms with van der Waals surface area (Å²) >= 11 is 3.45. The fourth-order valence-electron chi connectivity index (χ4n) is 2.55. The number of oxazole rings is 1. The van der Waals surface area contributed by atoms with Gasteiger partial charge in [-0.3, -0.25) is 0 Å². The van der Waals surface area contributed by atoms with E-state index in [1.807, 2.05) is 18.2 Å². The summed E-state index contributed by atoms with van der Waals surface area (Å²) in [5.74, 6) is 1.65. The Kier molecular flexibility index (Phi) is 3.66. The van der Waals surface area contributed by atoms with Crippen molar-refractivity contribution in [1.29, 1.82) is 0 Å². The van der Waals surface area contributed by atoms with Crippen LogP contribution in [0.1, 0.15) is 25.2 Å². The van der Waals surface area contributed by atoms with Crippen LogP contribution >= 0.6 is 15.9 Å². The van der Waals surface area contributed by atoms with Crippen LogP contribution in [0.15, 0.2) is 27.1 Å². The van der Waals surface area contributed by atoms with Crippen LogP contribution in [0.4, 0.5) is 0 Å². The molecule has 1 saturated heterocycles. The lowest BCUT2D eigenvalue weighted by Crippen LogP contribution is -2.29. The van der Waals surface area contributed by atoms with Crippen molar-refractivity contribution in [1.82, 2.24) is 10.3 Å². The molecule has 18 heavy (non-hydrogen) atoms. The zero-order chi connectivity index (χ0) is 12.4. The first-order valence-corrected chi connectivity index (χ1v) is 7.36. The molecule has 2 heterocycles. The molecule has 1 fully saturated rings. The van der Waals surface area contributed by atoms with Crippen molar-refractivity contribution in [3.8, 4) is 0 Å². The van der Waals surface area contributed by atoms with Gasteiger partial charge in [0.05, 0.1) is 0 Å². The second-order valence-electron chi connectivity index (χ2n) is 4.97. The first-order valence-electron chi connectivity index (χ1n) is 6.57. The molecule has 96 valence electrons. The summed E-state index contributed by atoms with van der Waals surface area (Å²) in [6.07, 6.45) is 4.74. The van der Waals surface area contributed by atoms with Gasteiger partial charge in [-0.1, -0.05) is 15.9 Å². The van der Waals surface area contributed by atoms with Gasteiger partial charge in [0, 0.05) is 10.9 Å². The third-order valence-corrected chi connectivity index (χ3v) is 4.05. The van der Waals surface area contributed by atoms with Crippen LogP contribution in [0.5, 0.6) is 0 Å². The van der Waals surface area contributed by atoms with Gasteiger partial charge >= 0.3 is 0 Å². The molecule has 3 nitrogen and oxygen atoms in total. The minimum atomic E-state index is 0.778. The Labute approximate surface area is 115 Å². The van der Waals surface area contributed by atoms with Gasteiger partial charge in [-0.15, -0.1) is 0 Å². The fourth-order valence-corrected chi connectivity index (χ4v) is 2.90. The SMILES string of the molecule is Brc1ccc2oc(CCC3CCCNC3)nc2c1. The number of hydrogen-bond donors (Lipinski definition) is 1. The van der Waals surface area contributed by atoms with Crippen LogP contribution in [0.3, 0.4) is 0 Å². The summed E-state index contributed by atoms with van der Waals surface area (Å²) in [7, 11) is 0. The van der Waals surface area contributed by atoms with E-state index in [0.717, 1.165) is 40.3 Å². The Morgan fingerprint density at radius 2 is 2.39 bits per heavy atom. The predicted molar refractivity (Wildman–Crippen MR) is 75.6 cm³/mol. The molecule has 0 aliphatic carbocycles. The summed E-state index contributed by atoms with van der Waals surface area (Å²) in [6, 6.07) is 5.96. The maximum absolute atomic E-state index is 5.76. The zero-order valence-corrected chi connectivity index (χ0v) is 11.9. The maximum Gasteiger partial charge on any atom is 0.195 e. The molecule has 1 N–H and O–H groups in total. The molecule has 1 atom stereocenters. The molecule has 1 unspecified atom stereocenters. The van der Waals surface area contributed by atoms with Crippen molar-refractivity contribution in [2.75, 3.05) is 13.1 Å². The number of halogens is 1. The molecule has 0 amide bonds. The molecule has 0 bridgehead atoms. The van der Waals surface area contributed by atoms with Gasteiger partial charge in [-0.2, -0.15) is 0 Å². The quantitative estimate of drug-likeness (QED) is 0.942. The largest absolute Gasteiger partial charge is 0.441 e. The Bertz CT molecular complexity index is 532. The Morgan fingerprint density at radius 3 is 3.22 bits per heavy atom. The molecule has 0 saturated carbocycles. The normalized spacial score (nSPS) is 20.4. The summed E-state index contributed by atoms with van der Waals surface area (Å²) in [4.78, 5) is 4.54. The van der Waals surface area contributed by atoms with Crippen molar-refractivity contribution in [3.63, 3.8) is 0 Å². The number of nitrogens with one attached hydrogen (secondary N) is 1. The molecule has 4 heteroatoms. The van der Waals surface area contributed by atoms with Crippen LogP contribution in [-0.2, 0) is 6.42 Å². The molecular weight excluding hydrogens is 292 g/mol. The fraction of sp³-hybridized carbons (Fsp3) is 0.500. The highest BCUT2D eigenvalue weighted by atomic mass is 79.9. The van der Waals surface area contributed by atoms with Gasteiger partial charge in [0.2, 0.25) is 0 Å². The molecular formula is C14H17BrN2O. The van der Waals surface area contributed by atoms with Gasteiger partial charge < -0.3 is 9.73 Å². The van der Waals surface area contributed by atoms with E-state index >= 15 is 0 Å². The van der Waals surface area contributed by atoms with Crippen molar-refractivity contribution in [2.24, 2.45) is 5.92 Å². The van der Waals surface area contributed by atoms with Crippen molar-refractivity contribution in [2.45, 2.75) is 25.7 Å². The van der Waals surface area contributed by atoms with E-state index < -0.39 is 0 Å². The molecule has 0 spiro atoms. The average molecular weight is 309 g/mol. The second-order valence-corrected chi connectivity index (χ2v) is 5.89. The number of benzene rings is 1. The van der Waals surface area contributed by atoms with Gasteiger partial charge in [0.25, 0.3) is 0 Å². The average Bonchev–Trinajstić information content (AvgIpc) is 2.79. The maximum atomic E-state index is 5.76. The molecule has 0 radical (unpaired) electrons. The lowest BCUT2D eigenvalue weighted by molar-refractivity contribution is 0.347. The van der Waals surface area contributed by atoms with Gasteiger partial charge in [-0.05, 0) is 56.5 Å². The Morgan fingerprint density at radius 1 is 1.44 bits per heavy atom. The van der Waals surface area contributed by atoms with E-state index in [4.69, 9.17) is 4.42 Å². The van der Waals surface area contributed by atoms with E-state index in [9.17, 15) is 0 Å². The lowest BCUT2D eigenvalue weighted by atomic mass is 9.95.